The van der Waals surface area contributed by atoms with Gasteiger partial charge in [-0.1, -0.05) is 12.1 Å². The molecular formula is C11H12FNO4. The number of hydrogen-bond donors (Lipinski definition) is 0. The Morgan fingerprint density at radius 2 is 2.29 bits per heavy atom. The molecule has 0 bridgehead atoms. The molecule has 0 amide bonds. The maximum Gasteiger partial charge on any atom is 0.306 e. The van der Waals surface area contributed by atoms with Crippen LogP contribution >= 0.6 is 0 Å². The minimum Gasteiger partial charge on any atom is -0.469 e. The molecule has 92 valence electrons. The molecule has 0 aliphatic rings. The lowest BCUT2D eigenvalue weighted by atomic mass is 9.96. The molecule has 0 saturated heterocycles. The first-order valence-electron chi connectivity index (χ1n) is 4.97. The molecule has 0 heterocycles. The fourth-order valence-electron chi connectivity index (χ4n) is 1.51. The Hall–Kier alpha value is -1.98. The molecule has 1 aromatic carbocycles. The van der Waals surface area contributed by atoms with Crippen LogP contribution in [0.15, 0.2) is 24.3 Å². The molecule has 0 aliphatic carbocycles. The summed E-state index contributed by atoms with van der Waals surface area (Å²) in [4.78, 5) is 21.1. The quantitative estimate of drug-likeness (QED) is 0.447. The smallest absolute Gasteiger partial charge is 0.306 e. The highest BCUT2D eigenvalue weighted by Crippen LogP contribution is 2.21. The largest absolute Gasteiger partial charge is 0.469 e. The Kier molecular flexibility index (Phi) is 4.56. The molecule has 1 atom stereocenters. The number of methoxy groups -OCH3 is 1. The molecule has 6 heteroatoms. The number of benzene rings is 1. The Morgan fingerprint density at radius 3 is 2.82 bits per heavy atom. The van der Waals surface area contributed by atoms with Crippen LogP contribution in [0.3, 0.4) is 0 Å². The van der Waals surface area contributed by atoms with Crippen LogP contribution in [0, 0.1) is 15.9 Å². The van der Waals surface area contributed by atoms with Crippen LogP contribution in [-0.2, 0) is 9.53 Å². The van der Waals surface area contributed by atoms with Gasteiger partial charge in [-0.2, -0.15) is 0 Å². The van der Waals surface area contributed by atoms with Crippen molar-refractivity contribution in [2.75, 3.05) is 13.7 Å². The van der Waals surface area contributed by atoms with Gasteiger partial charge in [0.15, 0.2) is 0 Å². The highest BCUT2D eigenvalue weighted by molar-refractivity contribution is 5.70. The maximum absolute atomic E-state index is 13.0. The summed E-state index contributed by atoms with van der Waals surface area (Å²) >= 11 is 0. The van der Waals surface area contributed by atoms with E-state index in [0.717, 1.165) is 0 Å². The van der Waals surface area contributed by atoms with E-state index >= 15 is 0 Å². The molecule has 0 radical (unpaired) electrons. The SMILES string of the molecule is COC(=O)CC(C[N+](=O)[O-])c1cccc(F)c1. The summed E-state index contributed by atoms with van der Waals surface area (Å²) in [6, 6.07) is 5.44. The Balaban J connectivity index is 2.89. The van der Waals surface area contributed by atoms with E-state index in [0.29, 0.717) is 5.56 Å². The zero-order valence-corrected chi connectivity index (χ0v) is 9.26. The van der Waals surface area contributed by atoms with Gasteiger partial charge in [-0.3, -0.25) is 14.9 Å². The molecule has 0 fully saturated rings. The van der Waals surface area contributed by atoms with E-state index in [1.807, 2.05) is 0 Å². The molecule has 0 N–H and O–H groups in total. The number of esters is 1. The van der Waals surface area contributed by atoms with Crippen molar-refractivity contribution in [1.82, 2.24) is 0 Å². The second kappa shape index (κ2) is 5.93. The van der Waals surface area contributed by atoms with Crippen LogP contribution in [-0.4, -0.2) is 24.5 Å². The van der Waals surface area contributed by atoms with Crippen molar-refractivity contribution in [3.05, 3.63) is 45.8 Å². The van der Waals surface area contributed by atoms with E-state index in [1.165, 1.54) is 25.3 Å². The normalized spacial score (nSPS) is 11.9. The molecule has 1 aromatic rings. The molecule has 0 aromatic heterocycles. The van der Waals surface area contributed by atoms with E-state index in [1.54, 1.807) is 6.07 Å². The van der Waals surface area contributed by atoms with Crippen LogP contribution in [0.5, 0.6) is 0 Å². The highest BCUT2D eigenvalue weighted by atomic mass is 19.1. The summed E-state index contributed by atoms with van der Waals surface area (Å²) < 4.78 is 17.5. The molecule has 5 nitrogen and oxygen atoms in total. The van der Waals surface area contributed by atoms with Crippen molar-refractivity contribution in [1.29, 1.82) is 0 Å². The number of halogens is 1. The van der Waals surface area contributed by atoms with Gasteiger partial charge in [-0.15, -0.1) is 0 Å². The third-order valence-electron chi connectivity index (χ3n) is 2.33. The molecule has 0 spiro atoms. The van der Waals surface area contributed by atoms with E-state index in [4.69, 9.17) is 0 Å². The monoisotopic (exact) mass is 241 g/mol. The average Bonchev–Trinajstić information content (AvgIpc) is 2.27. The number of rotatable bonds is 5. The number of nitro groups is 1. The fourth-order valence-corrected chi connectivity index (χ4v) is 1.51. The minimum atomic E-state index is -0.673. The summed E-state index contributed by atoms with van der Waals surface area (Å²) in [7, 11) is 1.21. The van der Waals surface area contributed by atoms with Gasteiger partial charge >= 0.3 is 5.97 Å². The van der Waals surface area contributed by atoms with Crippen molar-refractivity contribution in [2.45, 2.75) is 12.3 Å². The van der Waals surface area contributed by atoms with Gasteiger partial charge in [0.25, 0.3) is 0 Å². The van der Waals surface area contributed by atoms with E-state index in [9.17, 15) is 19.3 Å². The lowest BCUT2D eigenvalue weighted by Crippen LogP contribution is -2.17. The number of ether oxygens (including phenoxy) is 1. The predicted molar refractivity (Wildman–Crippen MR) is 57.6 cm³/mol. The lowest BCUT2D eigenvalue weighted by Gasteiger charge is -2.11. The van der Waals surface area contributed by atoms with Crippen molar-refractivity contribution in [2.24, 2.45) is 0 Å². The topological polar surface area (TPSA) is 69.4 Å². The molecule has 0 saturated carbocycles. The first kappa shape index (κ1) is 13.1. The third kappa shape index (κ3) is 4.18. The van der Waals surface area contributed by atoms with E-state index in [2.05, 4.69) is 4.74 Å². The van der Waals surface area contributed by atoms with Gasteiger partial charge in [0, 0.05) is 4.92 Å². The zero-order valence-electron chi connectivity index (χ0n) is 9.26. The van der Waals surface area contributed by atoms with E-state index < -0.39 is 29.2 Å². The zero-order chi connectivity index (χ0) is 12.8. The minimum absolute atomic E-state index is 0.138. The van der Waals surface area contributed by atoms with Gasteiger partial charge < -0.3 is 4.74 Å². The summed E-state index contributed by atoms with van der Waals surface area (Å²) in [5.41, 5.74) is 0.423. The Labute approximate surface area is 97.3 Å². The fraction of sp³-hybridized carbons (Fsp3) is 0.364. The van der Waals surface area contributed by atoms with E-state index in [-0.39, 0.29) is 6.42 Å². The second-order valence-corrected chi connectivity index (χ2v) is 3.55. The maximum atomic E-state index is 13.0. The molecule has 1 rings (SSSR count). The number of nitrogens with zero attached hydrogens (tertiary/aromatic N) is 1. The Bertz CT molecular complexity index is 422. The summed E-state index contributed by atoms with van der Waals surface area (Å²) in [6.07, 6.45) is -0.138. The number of carbonyl (C=O) groups excluding carboxylic acids is 1. The summed E-state index contributed by atoms with van der Waals surface area (Å²) in [5.74, 6) is -1.71. The van der Waals surface area contributed by atoms with Gasteiger partial charge in [-0.05, 0) is 17.7 Å². The summed E-state index contributed by atoms with van der Waals surface area (Å²) in [6.45, 7) is -0.432. The van der Waals surface area contributed by atoms with Crippen LogP contribution in [0.1, 0.15) is 17.9 Å². The van der Waals surface area contributed by atoms with Gasteiger partial charge in [0.1, 0.15) is 5.82 Å². The number of hydrogen-bond acceptors (Lipinski definition) is 4. The molecular weight excluding hydrogens is 229 g/mol. The predicted octanol–water partition coefficient (Wildman–Crippen LogP) is 1.75. The van der Waals surface area contributed by atoms with Gasteiger partial charge in [0.2, 0.25) is 6.54 Å². The van der Waals surface area contributed by atoms with Crippen LogP contribution < -0.4 is 0 Å². The molecule has 17 heavy (non-hydrogen) atoms. The van der Waals surface area contributed by atoms with Crippen LogP contribution in [0.2, 0.25) is 0 Å². The standard InChI is InChI=1S/C11H12FNO4/c1-17-11(14)6-9(7-13(15)16)8-3-2-4-10(12)5-8/h2-5,9H,6-7H2,1H3. The van der Waals surface area contributed by atoms with Crippen molar-refractivity contribution in [3.63, 3.8) is 0 Å². The summed E-state index contributed by atoms with van der Waals surface area (Å²) in [5, 5.41) is 10.5. The van der Waals surface area contributed by atoms with Crippen molar-refractivity contribution < 1.29 is 18.8 Å². The molecule has 0 aliphatic heterocycles. The van der Waals surface area contributed by atoms with Gasteiger partial charge in [0.05, 0.1) is 19.4 Å². The van der Waals surface area contributed by atoms with Crippen molar-refractivity contribution >= 4 is 5.97 Å². The highest BCUT2D eigenvalue weighted by Gasteiger charge is 2.22. The first-order chi connectivity index (χ1) is 8.02. The lowest BCUT2D eigenvalue weighted by molar-refractivity contribution is -0.483. The van der Waals surface area contributed by atoms with Crippen LogP contribution in [0.25, 0.3) is 0 Å². The van der Waals surface area contributed by atoms with Gasteiger partial charge in [-0.25, -0.2) is 4.39 Å². The second-order valence-electron chi connectivity index (χ2n) is 3.55. The average molecular weight is 241 g/mol. The number of carbonyl (C=O) groups is 1. The third-order valence-corrected chi connectivity index (χ3v) is 2.33. The molecule has 1 unspecified atom stereocenters. The Morgan fingerprint density at radius 1 is 1.59 bits per heavy atom. The first-order valence-corrected chi connectivity index (χ1v) is 4.97. The van der Waals surface area contributed by atoms with Crippen LogP contribution in [0.4, 0.5) is 4.39 Å². The van der Waals surface area contributed by atoms with Crippen molar-refractivity contribution in [3.8, 4) is 0 Å².